The van der Waals surface area contributed by atoms with E-state index in [9.17, 15) is 13.2 Å². The van der Waals surface area contributed by atoms with Crippen LogP contribution in [0.3, 0.4) is 0 Å². The summed E-state index contributed by atoms with van der Waals surface area (Å²) in [5.74, 6) is 1.40. The largest absolute Gasteiger partial charge is 0.389 e. The fraction of sp³-hybridized carbons (Fsp3) is 1.00. The summed E-state index contributed by atoms with van der Waals surface area (Å²) in [5.41, 5.74) is 0. The van der Waals surface area contributed by atoms with E-state index in [0.717, 1.165) is 25.2 Å². The lowest BCUT2D eigenvalue weighted by Crippen LogP contribution is -2.15. The second kappa shape index (κ2) is 5.76. The Kier molecular flexibility index (Phi) is 4.94. The van der Waals surface area contributed by atoms with Crippen LogP contribution in [0.1, 0.15) is 58.3 Å². The smallest absolute Gasteiger partial charge is 0.171 e. The van der Waals surface area contributed by atoms with E-state index in [0.29, 0.717) is 12.3 Å². The maximum Gasteiger partial charge on any atom is 0.389 e. The predicted molar refractivity (Wildman–Crippen MR) is 55.6 cm³/mol. The summed E-state index contributed by atoms with van der Waals surface area (Å²) >= 11 is 0. The van der Waals surface area contributed by atoms with Crippen LogP contribution in [-0.2, 0) is 0 Å². The summed E-state index contributed by atoms with van der Waals surface area (Å²) in [6.07, 6.45) is 2.53. The van der Waals surface area contributed by atoms with Crippen LogP contribution in [0.15, 0.2) is 0 Å². The van der Waals surface area contributed by atoms with Gasteiger partial charge in [-0.3, -0.25) is 0 Å². The monoisotopic (exact) mass is 222 g/mol. The van der Waals surface area contributed by atoms with Crippen molar-refractivity contribution in [2.45, 2.75) is 64.5 Å². The second-order valence-electron chi connectivity index (χ2n) is 4.80. The van der Waals surface area contributed by atoms with Crippen LogP contribution >= 0.6 is 0 Å². The topological polar surface area (TPSA) is 0 Å². The van der Waals surface area contributed by atoms with Crippen LogP contribution in [-0.4, -0.2) is 6.18 Å². The minimum atomic E-state index is -3.96. The fourth-order valence-corrected chi connectivity index (χ4v) is 2.52. The maximum atomic E-state index is 11.9. The molecule has 0 saturated heterocycles. The first-order chi connectivity index (χ1) is 7.01. The normalized spacial score (nSPS) is 28.0. The van der Waals surface area contributed by atoms with Crippen molar-refractivity contribution in [3.63, 3.8) is 0 Å². The molecule has 0 unspecified atom stereocenters. The van der Waals surface area contributed by atoms with E-state index in [4.69, 9.17) is 0 Å². The molecule has 1 fully saturated rings. The Morgan fingerprint density at radius 2 is 1.53 bits per heavy atom. The van der Waals surface area contributed by atoms with Crippen LogP contribution in [0.25, 0.3) is 0 Å². The molecule has 0 bridgehead atoms. The molecule has 90 valence electrons. The lowest BCUT2D eigenvalue weighted by molar-refractivity contribution is -0.136. The van der Waals surface area contributed by atoms with Gasteiger partial charge in [0.25, 0.3) is 0 Å². The summed E-state index contributed by atoms with van der Waals surface area (Å²) < 4.78 is 35.8. The molecule has 0 aromatic carbocycles. The third kappa shape index (κ3) is 5.43. The van der Waals surface area contributed by atoms with Gasteiger partial charge in [-0.2, -0.15) is 13.2 Å². The van der Waals surface area contributed by atoms with Crippen LogP contribution in [0, 0.1) is 11.8 Å². The Morgan fingerprint density at radius 3 is 2.00 bits per heavy atom. The molecular weight excluding hydrogens is 201 g/mol. The number of alkyl halides is 3. The molecule has 1 aliphatic rings. The van der Waals surface area contributed by atoms with E-state index in [-0.39, 0.29) is 0 Å². The molecule has 1 rings (SSSR count). The highest BCUT2D eigenvalue weighted by molar-refractivity contribution is 4.72. The third-order valence-corrected chi connectivity index (χ3v) is 3.62. The highest BCUT2D eigenvalue weighted by Gasteiger charge is 2.27. The first-order valence-corrected chi connectivity index (χ1v) is 6.08. The van der Waals surface area contributed by atoms with E-state index in [1.54, 1.807) is 0 Å². The molecule has 0 aliphatic heterocycles. The summed E-state index contributed by atoms with van der Waals surface area (Å²) in [7, 11) is 0. The highest BCUT2D eigenvalue weighted by Crippen LogP contribution is 2.34. The van der Waals surface area contributed by atoms with E-state index >= 15 is 0 Å². The van der Waals surface area contributed by atoms with Crippen molar-refractivity contribution < 1.29 is 13.2 Å². The summed E-state index contributed by atoms with van der Waals surface area (Å²) in [5, 5.41) is 0. The fourth-order valence-electron chi connectivity index (χ4n) is 2.52. The molecule has 15 heavy (non-hydrogen) atoms. The minimum Gasteiger partial charge on any atom is -0.171 e. The Bertz CT molecular complexity index is 166. The Morgan fingerprint density at radius 1 is 1.00 bits per heavy atom. The van der Waals surface area contributed by atoms with Gasteiger partial charge < -0.3 is 0 Å². The molecule has 0 radical (unpaired) electrons. The SMILES string of the molecule is CCC1CCC(CCCC(F)(F)F)CC1. The molecule has 1 aliphatic carbocycles. The quantitative estimate of drug-likeness (QED) is 0.632. The van der Waals surface area contributed by atoms with Gasteiger partial charge in [-0.15, -0.1) is 0 Å². The van der Waals surface area contributed by atoms with E-state index in [1.165, 1.54) is 19.3 Å². The summed E-state index contributed by atoms with van der Waals surface area (Å²) in [6.45, 7) is 2.20. The van der Waals surface area contributed by atoms with Crippen LogP contribution in [0.5, 0.6) is 0 Å². The van der Waals surface area contributed by atoms with Crippen molar-refractivity contribution >= 4 is 0 Å². The van der Waals surface area contributed by atoms with Crippen LogP contribution < -0.4 is 0 Å². The molecule has 0 nitrogen and oxygen atoms in total. The standard InChI is InChI=1S/C12H21F3/c1-2-10-5-7-11(8-6-10)4-3-9-12(13,14)15/h10-11H,2-9H2,1H3. The van der Waals surface area contributed by atoms with Gasteiger partial charge in [0.1, 0.15) is 0 Å². The average molecular weight is 222 g/mol. The van der Waals surface area contributed by atoms with Gasteiger partial charge in [0.2, 0.25) is 0 Å². The molecule has 0 heterocycles. The molecular formula is C12H21F3. The molecule has 0 amide bonds. The van der Waals surface area contributed by atoms with Gasteiger partial charge in [0.05, 0.1) is 0 Å². The lowest BCUT2D eigenvalue weighted by Gasteiger charge is -2.27. The third-order valence-electron chi connectivity index (χ3n) is 3.62. The number of halogens is 3. The van der Waals surface area contributed by atoms with Gasteiger partial charge in [0, 0.05) is 6.42 Å². The molecule has 0 atom stereocenters. The van der Waals surface area contributed by atoms with E-state index < -0.39 is 12.6 Å². The van der Waals surface area contributed by atoms with Gasteiger partial charge in [-0.05, 0) is 18.3 Å². The van der Waals surface area contributed by atoms with Gasteiger partial charge in [-0.25, -0.2) is 0 Å². The second-order valence-corrected chi connectivity index (χ2v) is 4.80. The van der Waals surface area contributed by atoms with Crippen molar-refractivity contribution in [1.82, 2.24) is 0 Å². The Hall–Kier alpha value is -0.210. The first-order valence-electron chi connectivity index (χ1n) is 6.08. The van der Waals surface area contributed by atoms with E-state index in [2.05, 4.69) is 6.92 Å². The minimum absolute atomic E-state index is 0.324. The molecule has 0 spiro atoms. The summed E-state index contributed by atoms with van der Waals surface area (Å²) in [4.78, 5) is 0. The average Bonchev–Trinajstić information content (AvgIpc) is 2.17. The van der Waals surface area contributed by atoms with Gasteiger partial charge in [-0.1, -0.05) is 45.4 Å². The van der Waals surface area contributed by atoms with Crippen molar-refractivity contribution in [2.24, 2.45) is 11.8 Å². The van der Waals surface area contributed by atoms with Crippen molar-refractivity contribution in [3.8, 4) is 0 Å². The van der Waals surface area contributed by atoms with Gasteiger partial charge >= 0.3 is 6.18 Å². The molecule has 1 saturated carbocycles. The number of rotatable bonds is 4. The van der Waals surface area contributed by atoms with Gasteiger partial charge in [0.15, 0.2) is 0 Å². The van der Waals surface area contributed by atoms with Crippen molar-refractivity contribution in [3.05, 3.63) is 0 Å². The zero-order valence-corrected chi connectivity index (χ0v) is 9.45. The molecule has 0 aromatic heterocycles. The zero-order valence-electron chi connectivity index (χ0n) is 9.45. The maximum absolute atomic E-state index is 11.9. The molecule has 0 N–H and O–H groups in total. The van der Waals surface area contributed by atoms with Crippen molar-refractivity contribution in [1.29, 1.82) is 0 Å². The first kappa shape index (κ1) is 12.9. The summed E-state index contributed by atoms with van der Waals surface area (Å²) in [6, 6.07) is 0. The van der Waals surface area contributed by atoms with Crippen LogP contribution in [0.2, 0.25) is 0 Å². The van der Waals surface area contributed by atoms with E-state index in [1.807, 2.05) is 0 Å². The van der Waals surface area contributed by atoms with Crippen molar-refractivity contribution in [2.75, 3.05) is 0 Å². The predicted octanol–water partition coefficient (Wildman–Crippen LogP) is 4.94. The number of hydrogen-bond acceptors (Lipinski definition) is 0. The lowest BCUT2D eigenvalue weighted by atomic mass is 9.79. The molecule has 3 heteroatoms. The number of hydrogen-bond donors (Lipinski definition) is 0. The van der Waals surface area contributed by atoms with Crippen LogP contribution in [0.4, 0.5) is 13.2 Å². The molecule has 0 aromatic rings. The zero-order chi connectivity index (χ0) is 11.3. The Balaban J connectivity index is 2.09. The Labute approximate surface area is 90.2 Å². The highest BCUT2D eigenvalue weighted by atomic mass is 19.4.